The van der Waals surface area contributed by atoms with E-state index in [1.54, 1.807) is 19.2 Å². The average molecular weight is 310 g/mol. The molecule has 0 aliphatic heterocycles. The number of esters is 1. The van der Waals surface area contributed by atoms with Crippen LogP contribution in [0.1, 0.15) is 6.92 Å². The number of rotatable bonds is 4. The summed E-state index contributed by atoms with van der Waals surface area (Å²) >= 11 is 3.40. The van der Waals surface area contributed by atoms with Crippen LogP contribution in [-0.2, 0) is 9.53 Å². The van der Waals surface area contributed by atoms with E-state index in [9.17, 15) is 4.79 Å². The van der Waals surface area contributed by atoms with Gasteiger partial charge in [-0.1, -0.05) is 15.9 Å². The van der Waals surface area contributed by atoms with Crippen LogP contribution in [0.15, 0.2) is 34.9 Å². The van der Waals surface area contributed by atoms with Crippen molar-refractivity contribution in [1.82, 2.24) is 4.98 Å². The molecule has 0 fully saturated rings. The van der Waals surface area contributed by atoms with Gasteiger partial charge in [-0.15, -0.1) is 0 Å². The van der Waals surface area contributed by atoms with Crippen molar-refractivity contribution in [2.24, 2.45) is 0 Å². The Kier molecular flexibility index (Phi) is 4.15. The van der Waals surface area contributed by atoms with Crippen LogP contribution in [0.25, 0.3) is 10.9 Å². The van der Waals surface area contributed by atoms with Crippen LogP contribution in [0.2, 0.25) is 0 Å². The van der Waals surface area contributed by atoms with Crippen molar-refractivity contribution in [3.63, 3.8) is 0 Å². The SMILES string of the molecule is CCOC(=O)COc1ccnc2ccc(Br)cc12. The second kappa shape index (κ2) is 5.82. The Labute approximate surface area is 113 Å². The van der Waals surface area contributed by atoms with E-state index in [1.165, 1.54) is 0 Å². The first-order chi connectivity index (χ1) is 8.70. The van der Waals surface area contributed by atoms with Crippen molar-refractivity contribution >= 4 is 32.8 Å². The zero-order valence-electron chi connectivity index (χ0n) is 9.85. The van der Waals surface area contributed by atoms with Crippen LogP contribution in [0, 0.1) is 0 Å². The molecule has 0 atom stereocenters. The first-order valence-corrected chi connectivity index (χ1v) is 6.32. The molecule has 4 nitrogen and oxygen atoms in total. The predicted molar refractivity (Wildman–Crippen MR) is 71.6 cm³/mol. The molecule has 18 heavy (non-hydrogen) atoms. The minimum absolute atomic E-state index is 0.0978. The van der Waals surface area contributed by atoms with Gasteiger partial charge in [-0.2, -0.15) is 0 Å². The Morgan fingerprint density at radius 2 is 2.22 bits per heavy atom. The zero-order chi connectivity index (χ0) is 13.0. The number of carbonyl (C=O) groups excluding carboxylic acids is 1. The van der Waals surface area contributed by atoms with E-state index >= 15 is 0 Å². The van der Waals surface area contributed by atoms with Crippen LogP contribution in [0.4, 0.5) is 0 Å². The fourth-order valence-corrected chi connectivity index (χ4v) is 1.92. The second-order valence-corrected chi connectivity index (χ2v) is 4.48. The Morgan fingerprint density at radius 3 is 3.00 bits per heavy atom. The van der Waals surface area contributed by atoms with Crippen LogP contribution >= 0.6 is 15.9 Å². The normalized spacial score (nSPS) is 10.3. The lowest BCUT2D eigenvalue weighted by Gasteiger charge is -2.08. The first kappa shape index (κ1) is 12.8. The fourth-order valence-electron chi connectivity index (χ4n) is 1.56. The number of fused-ring (bicyclic) bond motifs is 1. The van der Waals surface area contributed by atoms with E-state index in [2.05, 4.69) is 20.9 Å². The number of aromatic nitrogens is 1. The van der Waals surface area contributed by atoms with Gasteiger partial charge in [0.05, 0.1) is 12.1 Å². The van der Waals surface area contributed by atoms with Gasteiger partial charge in [0.1, 0.15) is 5.75 Å². The topological polar surface area (TPSA) is 48.4 Å². The van der Waals surface area contributed by atoms with Gasteiger partial charge in [0, 0.05) is 16.1 Å². The van der Waals surface area contributed by atoms with Crippen LogP contribution in [-0.4, -0.2) is 24.2 Å². The van der Waals surface area contributed by atoms with E-state index in [0.717, 1.165) is 15.4 Å². The summed E-state index contributed by atoms with van der Waals surface area (Å²) in [5.74, 6) is 0.242. The van der Waals surface area contributed by atoms with Gasteiger partial charge in [0.2, 0.25) is 0 Å². The smallest absolute Gasteiger partial charge is 0.344 e. The maximum atomic E-state index is 11.2. The van der Waals surface area contributed by atoms with Crippen LogP contribution in [0.5, 0.6) is 5.75 Å². The Morgan fingerprint density at radius 1 is 1.39 bits per heavy atom. The number of nitrogens with zero attached hydrogens (tertiary/aromatic N) is 1. The molecule has 0 radical (unpaired) electrons. The van der Waals surface area contributed by atoms with Gasteiger partial charge in [-0.05, 0) is 31.2 Å². The minimum atomic E-state index is -0.377. The highest BCUT2D eigenvalue weighted by molar-refractivity contribution is 9.10. The van der Waals surface area contributed by atoms with E-state index in [-0.39, 0.29) is 12.6 Å². The molecule has 1 aromatic heterocycles. The van der Waals surface area contributed by atoms with Crippen molar-refractivity contribution in [2.75, 3.05) is 13.2 Å². The number of ether oxygens (including phenoxy) is 2. The number of benzene rings is 1. The lowest BCUT2D eigenvalue weighted by molar-refractivity contribution is -0.145. The average Bonchev–Trinajstić information content (AvgIpc) is 2.36. The summed E-state index contributed by atoms with van der Waals surface area (Å²) in [5.41, 5.74) is 0.819. The molecule has 0 bridgehead atoms. The quantitative estimate of drug-likeness (QED) is 0.815. The number of carbonyl (C=O) groups is 1. The molecule has 2 rings (SSSR count). The molecule has 1 heterocycles. The van der Waals surface area contributed by atoms with Gasteiger partial charge in [-0.3, -0.25) is 4.98 Å². The zero-order valence-corrected chi connectivity index (χ0v) is 11.4. The van der Waals surface area contributed by atoms with E-state index in [1.807, 2.05) is 18.2 Å². The number of hydrogen-bond acceptors (Lipinski definition) is 4. The highest BCUT2D eigenvalue weighted by atomic mass is 79.9. The number of hydrogen-bond donors (Lipinski definition) is 0. The Balaban J connectivity index is 2.22. The van der Waals surface area contributed by atoms with E-state index < -0.39 is 0 Å². The van der Waals surface area contributed by atoms with Crippen molar-refractivity contribution < 1.29 is 14.3 Å². The summed E-state index contributed by atoms with van der Waals surface area (Å²) in [6, 6.07) is 7.43. The molecular formula is C13H12BrNO3. The van der Waals surface area contributed by atoms with Gasteiger partial charge in [0.25, 0.3) is 0 Å². The van der Waals surface area contributed by atoms with E-state index in [0.29, 0.717) is 12.4 Å². The van der Waals surface area contributed by atoms with Crippen LogP contribution < -0.4 is 4.74 Å². The third-order valence-corrected chi connectivity index (χ3v) is 2.81. The van der Waals surface area contributed by atoms with Crippen molar-refractivity contribution in [2.45, 2.75) is 6.92 Å². The summed E-state index contributed by atoms with van der Waals surface area (Å²) in [4.78, 5) is 15.5. The molecule has 0 amide bonds. The molecule has 0 N–H and O–H groups in total. The molecule has 0 saturated carbocycles. The maximum Gasteiger partial charge on any atom is 0.344 e. The summed E-state index contributed by atoms with van der Waals surface area (Å²) in [6.45, 7) is 2.02. The summed E-state index contributed by atoms with van der Waals surface area (Å²) < 4.78 is 11.2. The van der Waals surface area contributed by atoms with Crippen molar-refractivity contribution in [3.8, 4) is 5.75 Å². The molecule has 0 aliphatic rings. The Hall–Kier alpha value is -1.62. The third-order valence-electron chi connectivity index (χ3n) is 2.31. The molecule has 0 saturated heterocycles. The molecule has 1 aromatic carbocycles. The Bertz CT molecular complexity index is 571. The number of halogens is 1. The largest absolute Gasteiger partial charge is 0.481 e. The molecule has 0 unspecified atom stereocenters. The molecule has 0 spiro atoms. The van der Waals surface area contributed by atoms with Gasteiger partial charge >= 0.3 is 5.97 Å². The maximum absolute atomic E-state index is 11.2. The highest BCUT2D eigenvalue weighted by Gasteiger charge is 2.07. The van der Waals surface area contributed by atoms with Crippen LogP contribution in [0.3, 0.4) is 0 Å². The molecule has 5 heteroatoms. The molecule has 94 valence electrons. The fraction of sp³-hybridized carbons (Fsp3) is 0.231. The monoisotopic (exact) mass is 309 g/mol. The lowest BCUT2D eigenvalue weighted by atomic mass is 10.2. The van der Waals surface area contributed by atoms with E-state index in [4.69, 9.17) is 9.47 Å². The van der Waals surface area contributed by atoms with Crippen molar-refractivity contribution in [3.05, 3.63) is 34.9 Å². The number of pyridine rings is 1. The summed E-state index contributed by atoms with van der Waals surface area (Å²) in [7, 11) is 0. The summed E-state index contributed by atoms with van der Waals surface area (Å²) in [6.07, 6.45) is 1.65. The van der Waals surface area contributed by atoms with Gasteiger partial charge in [-0.25, -0.2) is 4.79 Å². The van der Waals surface area contributed by atoms with Gasteiger partial charge in [0.15, 0.2) is 6.61 Å². The second-order valence-electron chi connectivity index (χ2n) is 3.56. The summed E-state index contributed by atoms with van der Waals surface area (Å²) in [5, 5.41) is 0.858. The first-order valence-electron chi connectivity index (χ1n) is 5.53. The molecule has 2 aromatic rings. The molecule has 0 aliphatic carbocycles. The lowest BCUT2D eigenvalue weighted by Crippen LogP contribution is -2.14. The minimum Gasteiger partial charge on any atom is -0.481 e. The van der Waals surface area contributed by atoms with Gasteiger partial charge < -0.3 is 9.47 Å². The van der Waals surface area contributed by atoms with Crippen molar-refractivity contribution in [1.29, 1.82) is 0 Å². The predicted octanol–water partition coefficient (Wildman–Crippen LogP) is 2.94. The standard InChI is InChI=1S/C13H12BrNO3/c1-2-17-13(16)8-18-12-5-6-15-11-4-3-9(14)7-10(11)12/h3-7H,2,8H2,1H3. The third kappa shape index (κ3) is 2.98. The molecular weight excluding hydrogens is 298 g/mol. The highest BCUT2D eigenvalue weighted by Crippen LogP contribution is 2.26.